The second-order valence-corrected chi connectivity index (χ2v) is 8.61. The topological polar surface area (TPSA) is 104 Å². The van der Waals surface area contributed by atoms with Crippen LogP contribution in [-0.2, 0) is 16.9 Å². The number of imide groups is 1. The Morgan fingerprint density at radius 1 is 1.00 bits per heavy atom. The number of halogens is 1. The summed E-state index contributed by atoms with van der Waals surface area (Å²) in [5, 5.41) is 5.91. The van der Waals surface area contributed by atoms with Gasteiger partial charge in [-0.2, -0.15) is 0 Å². The standard InChI is InChI=1S/C26H18FN5O3/c27-19-10-7-17-13-32(23(33)20(17)11-19)14-26(24(34)30-25(35)31-26)18-8-5-15(6-9-18)22-28-12-16-3-1-2-4-21(16)29-22/h1-12H,13-14H2,(H2,30,31,34,35). The van der Waals surface area contributed by atoms with E-state index in [2.05, 4.69) is 20.6 Å². The van der Waals surface area contributed by atoms with Crippen molar-refractivity contribution in [3.8, 4) is 11.4 Å². The number of aromatic nitrogens is 2. The van der Waals surface area contributed by atoms with Crippen LogP contribution in [0.4, 0.5) is 9.18 Å². The van der Waals surface area contributed by atoms with Crippen molar-refractivity contribution in [1.82, 2.24) is 25.5 Å². The van der Waals surface area contributed by atoms with Gasteiger partial charge in [0.25, 0.3) is 11.8 Å². The molecule has 35 heavy (non-hydrogen) atoms. The van der Waals surface area contributed by atoms with Crippen LogP contribution in [0.2, 0.25) is 0 Å². The predicted octanol–water partition coefficient (Wildman–Crippen LogP) is 3.13. The number of urea groups is 1. The second kappa shape index (κ2) is 7.69. The average Bonchev–Trinajstić information content (AvgIpc) is 3.33. The van der Waals surface area contributed by atoms with Gasteiger partial charge in [-0.1, -0.05) is 48.5 Å². The summed E-state index contributed by atoms with van der Waals surface area (Å²) in [6, 6.07) is 18.0. The van der Waals surface area contributed by atoms with E-state index in [1.165, 1.54) is 17.0 Å². The zero-order valence-electron chi connectivity index (χ0n) is 18.3. The third-order valence-corrected chi connectivity index (χ3v) is 6.45. The van der Waals surface area contributed by atoms with E-state index >= 15 is 0 Å². The van der Waals surface area contributed by atoms with E-state index in [9.17, 15) is 18.8 Å². The number of carbonyl (C=O) groups excluding carboxylic acids is 3. The molecule has 1 unspecified atom stereocenters. The summed E-state index contributed by atoms with van der Waals surface area (Å²) < 4.78 is 13.7. The number of hydrogen-bond donors (Lipinski definition) is 2. The first-order chi connectivity index (χ1) is 16.9. The number of hydrogen-bond acceptors (Lipinski definition) is 5. The molecule has 1 fully saturated rings. The van der Waals surface area contributed by atoms with Crippen molar-refractivity contribution >= 4 is 28.7 Å². The lowest BCUT2D eigenvalue weighted by molar-refractivity contribution is -0.124. The summed E-state index contributed by atoms with van der Waals surface area (Å²) in [5.74, 6) is -0.940. The molecule has 1 aromatic heterocycles. The molecule has 2 N–H and O–H groups in total. The molecule has 3 heterocycles. The Balaban J connectivity index is 1.34. The van der Waals surface area contributed by atoms with Crippen molar-refractivity contribution in [2.45, 2.75) is 12.1 Å². The smallest absolute Gasteiger partial charge is 0.322 e. The van der Waals surface area contributed by atoms with Gasteiger partial charge in [0.2, 0.25) is 0 Å². The summed E-state index contributed by atoms with van der Waals surface area (Å²) in [5.41, 5.74) is 1.48. The Bertz CT molecular complexity index is 1540. The number of rotatable bonds is 4. The number of benzene rings is 3. The monoisotopic (exact) mass is 467 g/mol. The van der Waals surface area contributed by atoms with Crippen molar-refractivity contribution in [1.29, 1.82) is 0 Å². The van der Waals surface area contributed by atoms with Gasteiger partial charge in [-0.15, -0.1) is 0 Å². The highest BCUT2D eigenvalue weighted by atomic mass is 19.1. The van der Waals surface area contributed by atoms with Gasteiger partial charge in [-0.05, 0) is 29.3 Å². The zero-order valence-corrected chi connectivity index (χ0v) is 18.3. The van der Waals surface area contributed by atoms with Crippen LogP contribution in [0, 0.1) is 5.82 Å². The van der Waals surface area contributed by atoms with Crippen molar-refractivity contribution in [3.63, 3.8) is 0 Å². The number of amides is 4. The van der Waals surface area contributed by atoms with Crippen LogP contribution in [0.15, 0.2) is 72.9 Å². The summed E-state index contributed by atoms with van der Waals surface area (Å²) in [6.07, 6.45) is 1.75. The molecule has 0 aliphatic carbocycles. The molecule has 0 spiro atoms. The van der Waals surface area contributed by atoms with Gasteiger partial charge in [-0.3, -0.25) is 14.9 Å². The molecule has 8 nitrogen and oxygen atoms in total. The molecule has 0 radical (unpaired) electrons. The van der Waals surface area contributed by atoms with E-state index in [-0.39, 0.29) is 18.7 Å². The van der Waals surface area contributed by atoms with Gasteiger partial charge in [-0.25, -0.2) is 19.2 Å². The van der Waals surface area contributed by atoms with E-state index in [1.807, 2.05) is 24.3 Å². The average molecular weight is 467 g/mol. The van der Waals surface area contributed by atoms with E-state index in [1.54, 1.807) is 36.5 Å². The van der Waals surface area contributed by atoms with Gasteiger partial charge < -0.3 is 10.2 Å². The number of nitrogens with one attached hydrogen (secondary N) is 2. The highest BCUT2D eigenvalue weighted by Gasteiger charge is 2.50. The minimum Gasteiger partial charge on any atom is -0.331 e. The molecule has 2 aliphatic heterocycles. The molecule has 0 bridgehead atoms. The number of para-hydroxylation sites is 1. The third kappa shape index (κ3) is 3.40. The van der Waals surface area contributed by atoms with Gasteiger partial charge in [0, 0.05) is 29.3 Å². The van der Waals surface area contributed by atoms with Crippen molar-refractivity contribution in [2.75, 3.05) is 6.54 Å². The number of fused-ring (bicyclic) bond motifs is 2. The Morgan fingerprint density at radius 3 is 2.57 bits per heavy atom. The molecule has 3 aromatic carbocycles. The second-order valence-electron chi connectivity index (χ2n) is 8.61. The Labute approximate surface area is 198 Å². The maximum Gasteiger partial charge on any atom is 0.322 e. The fourth-order valence-electron chi connectivity index (χ4n) is 4.66. The lowest BCUT2D eigenvalue weighted by Gasteiger charge is -2.31. The molecule has 1 atom stereocenters. The van der Waals surface area contributed by atoms with Crippen molar-refractivity contribution in [2.24, 2.45) is 0 Å². The minimum atomic E-state index is -1.49. The molecule has 6 rings (SSSR count). The SMILES string of the molecule is O=C1NC(=O)C(CN2Cc3ccc(F)cc3C2=O)(c2ccc(-c3ncc4ccccc4n3)cc2)N1. The summed E-state index contributed by atoms with van der Waals surface area (Å²) in [7, 11) is 0. The van der Waals surface area contributed by atoms with Gasteiger partial charge in [0.1, 0.15) is 5.82 Å². The maximum atomic E-state index is 13.7. The number of nitrogens with zero attached hydrogens (tertiary/aromatic N) is 3. The van der Waals surface area contributed by atoms with Crippen LogP contribution in [0.3, 0.4) is 0 Å². The van der Waals surface area contributed by atoms with Crippen LogP contribution in [-0.4, -0.2) is 39.3 Å². The van der Waals surface area contributed by atoms with Gasteiger partial charge in [0.05, 0.1) is 12.1 Å². The summed E-state index contributed by atoms with van der Waals surface area (Å²) >= 11 is 0. The highest BCUT2D eigenvalue weighted by Crippen LogP contribution is 2.32. The minimum absolute atomic E-state index is 0.106. The predicted molar refractivity (Wildman–Crippen MR) is 124 cm³/mol. The lowest BCUT2D eigenvalue weighted by atomic mass is 9.88. The molecule has 172 valence electrons. The molecular weight excluding hydrogens is 449 g/mol. The number of carbonyl (C=O) groups is 3. The Morgan fingerprint density at radius 2 is 1.80 bits per heavy atom. The largest absolute Gasteiger partial charge is 0.331 e. The van der Waals surface area contributed by atoms with E-state index in [0.29, 0.717) is 17.0 Å². The van der Waals surface area contributed by atoms with Crippen molar-refractivity contribution in [3.05, 3.63) is 95.4 Å². The quantitative estimate of drug-likeness (QED) is 0.449. The Kier molecular flexibility index (Phi) is 4.60. The third-order valence-electron chi connectivity index (χ3n) is 6.45. The molecule has 1 saturated heterocycles. The first-order valence-electron chi connectivity index (χ1n) is 11.0. The van der Waals surface area contributed by atoms with Gasteiger partial charge in [0.15, 0.2) is 11.4 Å². The van der Waals surface area contributed by atoms with Crippen LogP contribution >= 0.6 is 0 Å². The van der Waals surface area contributed by atoms with E-state index in [4.69, 9.17) is 0 Å². The fraction of sp³-hybridized carbons (Fsp3) is 0.115. The van der Waals surface area contributed by atoms with Crippen LogP contribution < -0.4 is 10.6 Å². The molecule has 4 amide bonds. The molecular formula is C26H18FN5O3. The van der Waals surface area contributed by atoms with Crippen LogP contribution in [0.1, 0.15) is 21.5 Å². The maximum absolute atomic E-state index is 13.7. The summed E-state index contributed by atoms with van der Waals surface area (Å²) in [4.78, 5) is 48.6. The van der Waals surface area contributed by atoms with E-state index < -0.39 is 29.2 Å². The molecule has 0 saturated carbocycles. The highest BCUT2D eigenvalue weighted by molar-refractivity contribution is 6.08. The molecule has 9 heteroatoms. The normalized spacial score (nSPS) is 19.1. The first kappa shape index (κ1) is 20.9. The van der Waals surface area contributed by atoms with Crippen LogP contribution in [0.5, 0.6) is 0 Å². The molecule has 2 aliphatic rings. The molecule has 4 aromatic rings. The Hall–Kier alpha value is -4.66. The van der Waals surface area contributed by atoms with E-state index in [0.717, 1.165) is 16.5 Å². The fourth-order valence-corrected chi connectivity index (χ4v) is 4.66. The summed E-state index contributed by atoms with van der Waals surface area (Å²) in [6.45, 7) is 0.105. The zero-order chi connectivity index (χ0) is 24.2. The lowest BCUT2D eigenvalue weighted by Crippen LogP contribution is -2.52. The first-order valence-corrected chi connectivity index (χ1v) is 11.0. The van der Waals surface area contributed by atoms with Crippen molar-refractivity contribution < 1.29 is 18.8 Å². The van der Waals surface area contributed by atoms with Gasteiger partial charge >= 0.3 is 6.03 Å². The van der Waals surface area contributed by atoms with Crippen LogP contribution in [0.25, 0.3) is 22.3 Å².